The Hall–Kier alpha value is -11.1. The fourth-order valence-electron chi connectivity index (χ4n) is 14.7. The number of nitrogens with two attached hydrogens (primary N) is 2. The van der Waals surface area contributed by atoms with E-state index in [1.807, 2.05) is 61.1 Å². The lowest BCUT2D eigenvalue weighted by Crippen LogP contribution is -2.43. The van der Waals surface area contributed by atoms with E-state index in [0.717, 1.165) is 56.0 Å². The lowest BCUT2D eigenvalue weighted by atomic mass is 9.80. The van der Waals surface area contributed by atoms with E-state index in [1.165, 1.54) is 0 Å². The zero-order chi connectivity index (χ0) is 102. The van der Waals surface area contributed by atoms with Crippen LogP contribution in [-0.4, -0.2) is 367 Å². The van der Waals surface area contributed by atoms with Gasteiger partial charge in [-0.2, -0.15) is 0 Å². The van der Waals surface area contributed by atoms with E-state index in [4.69, 9.17) is 154 Å². The molecule has 0 aliphatic carbocycles. The summed E-state index contributed by atoms with van der Waals surface area (Å²) in [5.41, 5.74) is 11.4. The molecule has 0 spiro atoms. The Bertz CT molecular complexity index is 4680. The number of benzene rings is 4. The number of fused-ring (bicyclic) bond motifs is 12. The van der Waals surface area contributed by atoms with Crippen molar-refractivity contribution in [2.24, 2.45) is 22.0 Å². The SMILES string of the molecule is C.C.C=C(C)[C@H]1Cc2c(ccc3c2O[C@@H]2COc4cc(OC)c(OC)cc4[C@@H]2/C3=N/OCC(=O)NCCOCCOCCOCCOCCOCCOCCOCCOCCC(=O)NN)O1.C=C(C)[C@H]1Cc2c(ccc3c2O[C@@H]2COc4cc(OC)c(OC)cc4[C@@H]2/C3=N/OCC(=O)NCCOCCOCCOCCOCCOCCOCCOCCOCCC(=O)ON2C(=O)CCC2=O)O1.CC(C)(C)OC(=O)NN. The van der Waals surface area contributed by atoms with E-state index in [-0.39, 0.29) is 129 Å². The van der Waals surface area contributed by atoms with Gasteiger partial charge in [-0.25, -0.2) is 21.3 Å². The summed E-state index contributed by atoms with van der Waals surface area (Å²) in [7, 11) is 6.29. The van der Waals surface area contributed by atoms with Crippen molar-refractivity contribution in [3.05, 3.63) is 106 Å². The number of nitrogens with one attached hydrogen (secondary N) is 4. The standard InChI is InChI=1S/C48H65N3O19.C44H64N4O16.C5H12N2O2.2CH4/c1-32(2)37-28-35-36(68-37)6-5-33-47(46-34-27-39(56-3)40(57-4)29-38(34)66-30-41(46)69-48(33)35)50-67-31-42(52)49-10-12-59-14-16-61-18-20-63-22-24-65-26-25-64-23-21-62-19-17-60-15-13-58-11-9-45(55)70-51-43(53)7-8-44(51)54;1-30(2)35-26-33-34(63-35)6-5-31-43(42-32-25-37(51-3)38(52-4)27-36(32)61-28-39(42)64-44(31)33)48-62-29-41(50)46-8-10-54-12-14-56-16-18-58-20-22-60-24-23-59-21-19-57-17-15-55-13-11-53-9-7-40(49)47-45;1-5(2,3)9-4(8)7-6;;/h5-6,27,29,37,41,46H,1,7-26,28,30-31H2,2-4H3,(H,49,52);5-6,25,27,35,39,42H,1,7-24,26,28-29,45H2,2-4H3,(H,46,50)(H,47,49);6H2,1-3H3,(H,7,8);2*1H4/b50-47+;48-43+;;;/t37-,41-,46+;35-,39-,42+;;;/m11.../s1. The van der Waals surface area contributed by atoms with Crippen molar-refractivity contribution >= 4 is 53.0 Å². The second kappa shape index (κ2) is 67.6. The molecule has 1 saturated heterocycles. The highest BCUT2D eigenvalue weighted by Gasteiger charge is 2.48. The topological polar surface area (TPSA) is 525 Å². The molecule has 0 saturated carbocycles. The Morgan fingerprint density at radius 2 is 0.724 bits per heavy atom. The van der Waals surface area contributed by atoms with Crippen molar-refractivity contribution in [2.45, 2.75) is 130 Å². The number of carbonyl (C=O) groups is 7. The molecule has 0 bridgehead atoms. The summed E-state index contributed by atoms with van der Waals surface area (Å²) in [4.78, 5) is 97.7. The highest BCUT2D eigenvalue weighted by Crippen LogP contribution is 2.53. The Morgan fingerprint density at radius 1 is 0.414 bits per heavy atom. The number of hydrazine groups is 2. The Labute approximate surface area is 846 Å². The molecule has 6 atom stereocenters. The number of imide groups is 1. The molecule has 145 heavy (non-hydrogen) atoms. The van der Waals surface area contributed by atoms with Crippen LogP contribution in [0.15, 0.2) is 83.1 Å². The van der Waals surface area contributed by atoms with Gasteiger partial charge in [-0.15, -0.1) is 5.06 Å². The average molecular weight is 2060 g/mol. The normalized spacial score (nSPS) is 17.2. The molecule has 46 nitrogen and oxygen atoms in total. The van der Waals surface area contributed by atoms with Crippen molar-refractivity contribution in [2.75, 3.05) is 279 Å². The summed E-state index contributed by atoms with van der Waals surface area (Å²) in [5, 5.41) is 15.3. The third-order valence-corrected chi connectivity index (χ3v) is 21.6. The molecule has 812 valence electrons. The smallest absolute Gasteiger partial charge is 0.421 e. The number of carbonyl (C=O) groups excluding carboxylic acids is 7. The van der Waals surface area contributed by atoms with E-state index >= 15 is 0 Å². The monoisotopic (exact) mass is 2060 g/mol. The molecule has 11 rings (SSSR count). The predicted octanol–water partition coefficient (Wildman–Crippen LogP) is 6.01. The summed E-state index contributed by atoms with van der Waals surface area (Å²) in [6.07, 6.45) is -0.358. The quantitative estimate of drug-likeness (QED) is 0.00735. The minimum Gasteiger partial charge on any atom is -0.493 e. The van der Waals surface area contributed by atoms with E-state index in [1.54, 1.807) is 61.3 Å². The Balaban J connectivity index is 0.000000358. The molecule has 4 aromatic rings. The molecule has 7 aliphatic heterocycles. The van der Waals surface area contributed by atoms with E-state index in [9.17, 15) is 33.6 Å². The molecule has 8 N–H and O–H groups in total. The highest BCUT2D eigenvalue weighted by molar-refractivity contribution is 6.10. The number of oxime groups is 2. The van der Waals surface area contributed by atoms with Crippen LogP contribution in [0.2, 0.25) is 0 Å². The fraction of sp³-hybridized carbons (Fsp3) is 0.626. The molecule has 7 heterocycles. The van der Waals surface area contributed by atoms with Crippen LogP contribution in [0.3, 0.4) is 0 Å². The van der Waals surface area contributed by atoms with Gasteiger partial charge in [0, 0.05) is 84.3 Å². The van der Waals surface area contributed by atoms with Crippen LogP contribution in [0.1, 0.15) is 120 Å². The molecule has 0 unspecified atom stereocenters. The molecule has 1 fully saturated rings. The van der Waals surface area contributed by atoms with Crippen LogP contribution in [-0.2, 0) is 137 Å². The second-order valence-electron chi connectivity index (χ2n) is 33.3. The van der Waals surface area contributed by atoms with Gasteiger partial charge in [0.05, 0.1) is 265 Å². The van der Waals surface area contributed by atoms with Crippen LogP contribution in [0.25, 0.3) is 0 Å². The maximum Gasteiger partial charge on any atom is 0.421 e. The number of hydrogen-bond donors (Lipinski definition) is 6. The molecule has 7 aliphatic rings. The highest BCUT2D eigenvalue weighted by atomic mass is 16.7. The van der Waals surface area contributed by atoms with Gasteiger partial charge in [0.2, 0.25) is 5.91 Å². The predicted molar refractivity (Wildman–Crippen MR) is 523 cm³/mol. The number of ether oxygens (including phenoxy) is 27. The van der Waals surface area contributed by atoms with Gasteiger partial charge in [0.25, 0.3) is 23.6 Å². The van der Waals surface area contributed by atoms with Crippen molar-refractivity contribution in [1.82, 2.24) is 26.5 Å². The minimum absolute atomic E-state index is 0. The van der Waals surface area contributed by atoms with Crippen molar-refractivity contribution in [3.8, 4) is 57.5 Å². The van der Waals surface area contributed by atoms with Gasteiger partial charge < -0.3 is 153 Å². The maximum absolute atomic E-state index is 12.8. The van der Waals surface area contributed by atoms with Gasteiger partial charge in [-0.1, -0.05) is 38.3 Å². The summed E-state index contributed by atoms with van der Waals surface area (Å²) in [6, 6.07) is 14.9. The van der Waals surface area contributed by atoms with E-state index in [0.29, 0.717) is 273 Å². The molecule has 46 heteroatoms. The minimum atomic E-state index is -0.710. The first-order chi connectivity index (χ1) is 69.5. The summed E-state index contributed by atoms with van der Waals surface area (Å²) in [6.45, 7) is 30.2. The summed E-state index contributed by atoms with van der Waals surface area (Å²) >= 11 is 0. The van der Waals surface area contributed by atoms with Crippen LogP contribution in [0.4, 0.5) is 4.79 Å². The molecule has 6 amide bonds. The molecular weight excluding hydrogens is 1910 g/mol. The lowest BCUT2D eigenvalue weighted by molar-refractivity contribution is -0.198. The molecule has 0 aromatic heterocycles. The largest absolute Gasteiger partial charge is 0.493 e. The first-order valence-corrected chi connectivity index (χ1v) is 47.5. The van der Waals surface area contributed by atoms with Crippen LogP contribution < -0.4 is 80.5 Å². The maximum atomic E-state index is 12.8. The fourth-order valence-corrected chi connectivity index (χ4v) is 14.7. The van der Waals surface area contributed by atoms with Crippen LogP contribution in [0.5, 0.6) is 57.5 Å². The zero-order valence-electron chi connectivity index (χ0n) is 83.2. The van der Waals surface area contributed by atoms with Gasteiger partial charge in [-0.05, 0) is 82.2 Å². The molecule has 0 radical (unpaired) electrons. The van der Waals surface area contributed by atoms with Gasteiger partial charge in [-0.3, -0.25) is 34.8 Å². The van der Waals surface area contributed by atoms with Gasteiger partial charge in [0.1, 0.15) is 89.2 Å². The van der Waals surface area contributed by atoms with E-state index < -0.39 is 47.6 Å². The van der Waals surface area contributed by atoms with Crippen molar-refractivity contribution in [1.29, 1.82) is 0 Å². The third-order valence-electron chi connectivity index (χ3n) is 21.6. The van der Waals surface area contributed by atoms with E-state index in [2.05, 4.69) is 34.1 Å². The number of amides is 6. The lowest BCUT2D eigenvalue weighted by Gasteiger charge is -2.39. The average Bonchev–Trinajstić information content (AvgIpc) is 1.72. The molecular formula is C99H149N9O37. The number of hydrogen-bond acceptors (Lipinski definition) is 41. The summed E-state index contributed by atoms with van der Waals surface area (Å²) in [5.74, 6) is 12.4. The Morgan fingerprint density at radius 3 is 1.02 bits per heavy atom. The summed E-state index contributed by atoms with van der Waals surface area (Å²) < 4.78 is 152. The molecule has 4 aromatic carbocycles. The number of hydroxylamine groups is 2. The van der Waals surface area contributed by atoms with Crippen LogP contribution >= 0.6 is 0 Å². The first kappa shape index (κ1) is 121. The zero-order valence-corrected chi connectivity index (χ0v) is 83.2. The second-order valence-corrected chi connectivity index (χ2v) is 33.3. The van der Waals surface area contributed by atoms with Crippen LogP contribution in [0, 0.1) is 0 Å². The Kier molecular flexibility index (Phi) is 56.3. The first-order valence-electron chi connectivity index (χ1n) is 47.5. The van der Waals surface area contributed by atoms with Gasteiger partial charge in [0.15, 0.2) is 36.2 Å². The van der Waals surface area contributed by atoms with Crippen molar-refractivity contribution < 1.29 is 176 Å². The van der Waals surface area contributed by atoms with Crippen molar-refractivity contribution in [3.63, 3.8) is 0 Å². The third kappa shape index (κ3) is 41.3. The van der Waals surface area contributed by atoms with Gasteiger partial charge >= 0.3 is 12.1 Å². The number of rotatable bonds is 67. The number of nitrogens with zero attached hydrogens (tertiary/aromatic N) is 3. The number of methoxy groups -OCH3 is 4.